The smallest absolute Gasteiger partial charge is 0.207 e. The predicted molar refractivity (Wildman–Crippen MR) is 132 cm³/mol. The van der Waals surface area contributed by atoms with Crippen LogP contribution in [0.2, 0.25) is 0 Å². The summed E-state index contributed by atoms with van der Waals surface area (Å²) < 4.78 is 3.19. The SMILES string of the molecule is C=C/C=C(\C=C)C(CNC=O)c1ccccc1.CC1=Nc2ccc(C3CC3)cc2SN1. The number of aliphatic imine (C=N–C) groups is 1. The van der Waals surface area contributed by atoms with Gasteiger partial charge >= 0.3 is 0 Å². The van der Waals surface area contributed by atoms with E-state index in [4.69, 9.17) is 0 Å². The summed E-state index contributed by atoms with van der Waals surface area (Å²) in [5.74, 6) is 1.92. The van der Waals surface area contributed by atoms with Crippen molar-refractivity contribution < 1.29 is 4.79 Å². The van der Waals surface area contributed by atoms with Crippen molar-refractivity contribution in [3.63, 3.8) is 0 Å². The van der Waals surface area contributed by atoms with Gasteiger partial charge in [-0.3, -0.25) is 4.79 Å². The second kappa shape index (κ2) is 11.4. The summed E-state index contributed by atoms with van der Waals surface area (Å²) in [5.41, 5.74) is 4.78. The number of carbonyl (C=O) groups is 1. The number of fused-ring (bicyclic) bond motifs is 1. The molecule has 2 aromatic carbocycles. The minimum atomic E-state index is 0.108. The van der Waals surface area contributed by atoms with Crippen molar-refractivity contribution in [3.05, 3.63) is 96.6 Å². The van der Waals surface area contributed by atoms with Gasteiger partial charge in [0.15, 0.2) is 0 Å². The Morgan fingerprint density at radius 3 is 2.68 bits per heavy atom. The van der Waals surface area contributed by atoms with Crippen LogP contribution in [0.1, 0.15) is 42.7 Å². The summed E-state index contributed by atoms with van der Waals surface area (Å²) in [5, 5.41) is 2.72. The molecule has 31 heavy (non-hydrogen) atoms. The van der Waals surface area contributed by atoms with Gasteiger partial charge in [-0.05, 0) is 66.5 Å². The fraction of sp³-hybridized carbons (Fsp3) is 0.231. The number of hydrogen-bond acceptors (Lipinski definition) is 4. The molecule has 0 saturated heterocycles. The normalized spacial score (nSPS) is 15.8. The zero-order valence-corrected chi connectivity index (χ0v) is 18.7. The second-order valence-corrected chi connectivity index (χ2v) is 8.35. The average molecular weight is 432 g/mol. The van der Waals surface area contributed by atoms with Gasteiger partial charge in [-0.25, -0.2) is 4.99 Å². The molecule has 1 saturated carbocycles. The van der Waals surface area contributed by atoms with Crippen LogP contribution in [0.15, 0.2) is 95.4 Å². The Morgan fingerprint density at radius 2 is 2.03 bits per heavy atom. The molecule has 2 aliphatic rings. The molecule has 0 radical (unpaired) electrons. The Bertz CT molecular complexity index is 977. The Balaban J connectivity index is 0.000000178. The molecule has 0 aromatic heterocycles. The highest BCUT2D eigenvalue weighted by Gasteiger charge is 2.24. The van der Waals surface area contributed by atoms with E-state index in [1.807, 2.05) is 43.3 Å². The van der Waals surface area contributed by atoms with E-state index in [-0.39, 0.29) is 5.92 Å². The third-order valence-corrected chi connectivity index (χ3v) is 6.13. The van der Waals surface area contributed by atoms with Crippen molar-refractivity contribution in [2.24, 2.45) is 4.99 Å². The number of benzene rings is 2. The highest BCUT2D eigenvalue weighted by atomic mass is 32.2. The van der Waals surface area contributed by atoms with Crippen LogP contribution < -0.4 is 10.0 Å². The van der Waals surface area contributed by atoms with Gasteiger partial charge < -0.3 is 10.0 Å². The second-order valence-electron chi connectivity index (χ2n) is 7.50. The van der Waals surface area contributed by atoms with Crippen molar-refractivity contribution in [1.29, 1.82) is 0 Å². The molecular formula is C26H29N3OS. The molecule has 160 valence electrons. The van der Waals surface area contributed by atoms with Crippen LogP contribution in [0.25, 0.3) is 0 Å². The molecule has 2 N–H and O–H groups in total. The first kappa shape index (κ1) is 22.6. The molecule has 4 nitrogen and oxygen atoms in total. The maximum atomic E-state index is 10.4. The minimum absolute atomic E-state index is 0.108. The molecule has 5 heteroatoms. The van der Waals surface area contributed by atoms with E-state index in [1.165, 1.54) is 23.3 Å². The zero-order chi connectivity index (χ0) is 22.1. The number of carbonyl (C=O) groups excluding carboxylic acids is 1. The summed E-state index contributed by atoms with van der Waals surface area (Å²) in [7, 11) is 0. The van der Waals surface area contributed by atoms with E-state index < -0.39 is 0 Å². The monoisotopic (exact) mass is 431 g/mol. The summed E-state index contributed by atoms with van der Waals surface area (Å²) in [6, 6.07) is 16.7. The molecule has 0 spiro atoms. The summed E-state index contributed by atoms with van der Waals surface area (Å²) in [6.45, 7) is 10.0. The Labute approximate surface area is 189 Å². The quantitative estimate of drug-likeness (QED) is 0.304. The van der Waals surface area contributed by atoms with Crippen molar-refractivity contribution in [1.82, 2.24) is 10.0 Å². The lowest BCUT2D eigenvalue weighted by Crippen LogP contribution is -2.21. The number of nitrogens with one attached hydrogen (secondary N) is 2. The number of hydrogen-bond donors (Lipinski definition) is 2. The van der Waals surface area contributed by atoms with Crippen molar-refractivity contribution >= 4 is 29.9 Å². The molecule has 1 unspecified atom stereocenters. The maximum Gasteiger partial charge on any atom is 0.207 e. The molecule has 0 bridgehead atoms. The largest absolute Gasteiger partial charge is 0.358 e. The minimum Gasteiger partial charge on any atom is -0.358 e. The van der Waals surface area contributed by atoms with Crippen molar-refractivity contribution in [2.75, 3.05) is 6.54 Å². The van der Waals surface area contributed by atoms with E-state index in [0.29, 0.717) is 13.0 Å². The first-order valence-electron chi connectivity index (χ1n) is 10.5. The first-order chi connectivity index (χ1) is 15.2. The number of amidine groups is 1. The molecule has 1 aliphatic carbocycles. The summed E-state index contributed by atoms with van der Waals surface area (Å²) in [6.07, 6.45) is 8.87. The van der Waals surface area contributed by atoms with Crippen LogP contribution in [-0.2, 0) is 4.79 Å². The molecule has 1 amide bonds. The van der Waals surface area contributed by atoms with Gasteiger partial charge in [-0.1, -0.05) is 67.8 Å². The van der Waals surface area contributed by atoms with Gasteiger partial charge in [-0.2, -0.15) is 0 Å². The standard InChI is InChI=1S/C15H17NO.C11H12N2S/c1-3-8-13(4-2)15(11-16-12-17)14-9-6-5-7-10-14;1-7-12-10-5-4-9(8-2-3-8)6-11(10)14-13-7/h3-10,12,15H,1-2,11H2,(H,16,17);4-6,8H,2-3H2,1H3,(H,12,13)/b13-8+;. The Hall–Kier alpha value is -3.05. The molecule has 1 aliphatic heterocycles. The van der Waals surface area contributed by atoms with Gasteiger partial charge in [0, 0.05) is 12.5 Å². The van der Waals surface area contributed by atoms with E-state index in [0.717, 1.165) is 28.6 Å². The van der Waals surface area contributed by atoms with E-state index >= 15 is 0 Å². The number of rotatable bonds is 8. The highest BCUT2D eigenvalue weighted by molar-refractivity contribution is 7.98. The van der Waals surface area contributed by atoms with Gasteiger partial charge in [-0.15, -0.1) is 0 Å². The number of nitrogens with zero attached hydrogens (tertiary/aromatic N) is 1. The predicted octanol–water partition coefficient (Wildman–Crippen LogP) is 6.04. The average Bonchev–Trinajstić information content (AvgIpc) is 3.65. The number of amides is 1. The van der Waals surface area contributed by atoms with Gasteiger partial charge in [0.05, 0.1) is 10.6 Å². The van der Waals surface area contributed by atoms with Crippen LogP contribution >= 0.6 is 11.9 Å². The molecule has 4 rings (SSSR count). The highest BCUT2D eigenvalue weighted by Crippen LogP contribution is 2.43. The fourth-order valence-corrected chi connectivity index (χ4v) is 4.17. The molecule has 2 aromatic rings. The van der Waals surface area contributed by atoms with Crippen molar-refractivity contribution in [3.8, 4) is 0 Å². The molecule has 1 heterocycles. The fourth-order valence-electron chi connectivity index (χ4n) is 3.45. The zero-order valence-electron chi connectivity index (χ0n) is 17.9. The Morgan fingerprint density at radius 1 is 1.26 bits per heavy atom. The van der Waals surface area contributed by atoms with Gasteiger partial charge in [0.25, 0.3) is 0 Å². The third-order valence-electron chi connectivity index (χ3n) is 5.19. The number of allylic oxidation sites excluding steroid dienone is 3. The van der Waals surface area contributed by atoms with E-state index in [9.17, 15) is 4.79 Å². The van der Waals surface area contributed by atoms with Crippen LogP contribution in [-0.4, -0.2) is 18.8 Å². The topological polar surface area (TPSA) is 53.5 Å². The summed E-state index contributed by atoms with van der Waals surface area (Å²) >= 11 is 1.68. The summed E-state index contributed by atoms with van der Waals surface area (Å²) in [4.78, 5) is 16.1. The van der Waals surface area contributed by atoms with Crippen molar-refractivity contribution in [2.45, 2.75) is 36.5 Å². The first-order valence-corrected chi connectivity index (χ1v) is 11.3. The van der Waals surface area contributed by atoms with E-state index in [1.54, 1.807) is 24.1 Å². The Kier molecular flexibility index (Phi) is 8.30. The van der Waals surface area contributed by atoms with Crippen LogP contribution in [0, 0.1) is 0 Å². The third kappa shape index (κ3) is 6.46. The molecule has 1 atom stereocenters. The lowest BCUT2D eigenvalue weighted by Gasteiger charge is -2.18. The van der Waals surface area contributed by atoms with Crippen LogP contribution in [0.5, 0.6) is 0 Å². The van der Waals surface area contributed by atoms with Crippen LogP contribution in [0.4, 0.5) is 5.69 Å². The molecule has 1 fully saturated rings. The van der Waals surface area contributed by atoms with E-state index in [2.05, 4.69) is 46.4 Å². The lowest BCUT2D eigenvalue weighted by atomic mass is 9.90. The van der Waals surface area contributed by atoms with Gasteiger partial charge in [0.2, 0.25) is 6.41 Å². The maximum absolute atomic E-state index is 10.4. The lowest BCUT2D eigenvalue weighted by molar-refractivity contribution is -0.109. The van der Waals surface area contributed by atoms with Gasteiger partial charge in [0.1, 0.15) is 5.84 Å². The van der Waals surface area contributed by atoms with Crippen LogP contribution in [0.3, 0.4) is 0 Å². The molecular weight excluding hydrogens is 402 g/mol.